The Balaban J connectivity index is 2.87. The minimum Gasteiger partial charge on any atom is -0.493 e. The van der Waals surface area contributed by atoms with E-state index in [2.05, 4.69) is 5.32 Å². The molecule has 2 atom stereocenters. The normalized spacial score (nSPS) is 13.7. The minimum atomic E-state index is -0.229. The monoisotopic (exact) mass is 285 g/mol. The fourth-order valence-corrected chi connectivity index (χ4v) is 1.71. The van der Waals surface area contributed by atoms with Crippen LogP contribution in [0.1, 0.15) is 31.1 Å². The van der Waals surface area contributed by atoms with Crippen molar-refractivity contribution in [2.45, 2.75) is 26.8 Å². The van der Waals surface area contributed by atoms with Crippen LogP contribution in [-0.4, -0.2) is 30.3 Å². The van der Waals surface area contributed by atoms with E-state index in [1.165, 1.54) is 0 Å². The molecule has 0 aliphatic rings. The molecule has 0 aliphatic heterocycles. The molecule has 106 valence electrons. The summed E-state index contributed by atoms with van der Waals surface area (Å²) in [6.07, 6.45) is 0. The molecule has 1 aromatic carbocycles. The minimum absolute atomic E-state index is 0.00760. The first-order valence-electron chi connectivity index (χ1n) is 6.33. The number of nitrogens with one attached hydrogen (secondary N) is 1. The standard InChI is InChI=1S/C14H20ClNO3/c1-4-19-13-7-11(15)5-6-12(13)14(18)16-10(3)9(2)8-17/h5-7,9-10,17H,4,8H2,1-3H3,(H,16,18). The second-order valence-electron chi connectivity index (χ2n) is 4.50. The molecule has 0 radical (unpaired) electrons. The highest BCUT2D eigenvalue weighted by atomic mass is 35.5. The van der Waals surface area contributed by atoms with Gasteiger partial charge < -0.3 is 15.2 Å². The Morgan fingerprint density at radius 3 is 2.74 bits per heavy atom. The second kappa shape index (κ2) is 7.36. The molecule has 5 heteroatoms. The van der Waals surface area contributed by atoms with Gasteiger partial charge in [0.2, 0.25) is 0 Å². The molecule has 0 bridgehead atoms. The van der Waals surface area contributed by atoms with Crippen LogP contribution >= 0.6 is 11.6 Å². The van der Waals surface area contributed by atoms with Crippen LogP contribution in [0.4, 0.5) is 0 Å². The van der Waals surface area contributed by atoms with Gasteiger partial charge in [0.25, 0.3) is 5.91 Å². The zero-order valence-corrected chi connectivity index (χ0v) is 12.2. The highest BCUT2D eigenvalue weighted by molar-refractivity contribution is 6.30. The first kappa shape index (κ1) is 15.8. The van der Waals surface area contributed by atoms with Gasteiger partial charge in [-0.3, -0.25) is 4.79 Å². The summed E-state index contributed by atoms with van der Waals surface area (Å²) >= 11 is 5.89. The SMILES string of the molecule is CCOc1cc(Cl)ccc1C(=O)NC(C)C(C)CO. The highest BCUT2D eigenvalue weighted by Crippen LogP contribution is 2.23. The lowest BCUT2D eigenvalue weighted by molar-refractivity contribution is 0.0912. The summed E-state index contributed by atoms with van der Waals surface area (Å²) < 4.78 is 5.41. The quantitative estimate of drug-likeness (QED) is 0.844. The molecule has 0 aromatic heterocycles. The van der Waals surface area contributed by atoms with Crippen molar-refractivity contribution in [3.8, 4) is 5.75 Å². The van der Waals surface area contributed by atoms with Gasteiger partial charge in [0.15, 0.2) is 0 Å². The van der Waals surface area contributed by atoms with Gasteiger partial charge in [-0.25, -0.2) is 0 Å². The number of amides is 1. The van der Waals surface area contributed by atoms with Gasteiger partial charge in [0, 0.05) is 17.7 Å². The summed E-state index contributed by atoms with van der Waals surface area (Å²) in [6.45, 7) is 6.06. The molecular formula is C14H20ClNO3. The Kier molecular flexibility index (Phi) is 6.12. The zero-order chi connectivity index (χ0) is 14.4. The van der Waals surface area contributed by atoms with E-state index in [-0.39, 0.29) is 24.5 Å². The molecule has 2 unspecified atom stereocenters. The molecule has 1 rings (SSSR count). The summed E-state index contributed by atoms with van der Waals surface area (Å²) in [6, 6.07) is 4.79. The van der Waals surface area contributed by atoms with Gasteiger partial charge >= 0.3 is 0 Å². The Morgan fingerprint density at radius 2 is 2.16 bits per heavy atom. The molecule has 1 aromatic rings. The number of benzene rings is 1. The van der Waals surface area contributed by atoms with E-state index in [0.717, 1.165) is 0 Å². The third-order valence-electron chi connectivity index (χ3n) is 2.99. The van der Waals surface area contributed by atoms with Crippen LogP contribution < -0.4 is 10.1 Å². The van der Waals surface area contributed by atoms with Crippen molar-refractivity contribution in [2.24, 2.45) is 5.92 Å². The maximum atomic E-state index is 12.2. The molecule has 4 nitrogen and oxygen atoms in total. The van der Waals surface area contributed by atoms with Crippen LogP contribution in [0.2, 0.25) is 5.02 Å². The molecule has 0 aliphatic carbocycles. The van der Waals surface area contributed by atoms with Gasteiger partial charge in [-0.05, 0) is 38.0 Å². The second-order valence-corrected chi connectivity index (χ2v) is 4.93. The van der Waals surface area contributed by atoms with Crippen molar-refractivity contribution < 1.29 is 14.6 Å². The number of carbonyl (C=O) groups excluding carboxylic acids is 1. The predicted octanol–water partition coefficient (Wildman–Crippen LogP) is 2.49. The molecule has 1 amide bonds. The molecule has 19 heavy (non-hydrogen) atoms. The Morgan fingerprint density at radius 1 is 1.47 bits per heavy atom. The summed E-state index contributed by atoms with van der Waals surface area (Å²) in [7, 11) is 0. The lowest BCUT2D eigenvalue weighted by Crippen LogP contribution is -2.38. The van der Waals surface area contributed by atoms with Crippen LogP contribution in [0.3, 0.4) is 0 Å². The third-order valence-corrected chi connectivity index (χ3v) is 3.22. The van der Waals surface area contributed by atoms with Crippen molar-refractivity contribution >= 4 is 17.5 Å². The number of aliphatic hydroxyl groups is 1. The van der Waals surface area contributed by atoms with Crippen LogP contribution in [-0.2, 0) is 0 Å². The van der Waals surface area contributed by atoms with E-state index in [4.69, 9.17) is 21.4 Å². The number of hydrogen-bond acceptors (Lipinski definition) is 3. The maximum Gasteiger partial charge on any atom is 0.255 e. The average Bonchev–Trinajstić information content (AvgIpc) is 2.38. The molecule has 0 saturated heterocycles. The summed E-state index contributed by atoms with van der Waals surface area (Å²) in [5.74, 6) is 0.232. The van der Waals surface area contributed by atoms with Crippen LogP contribution in [0, 0.1) is 5.92 Å². The van der Waals surface area contributed by atoms with Crippen molar-refractivity contribution in [3.05, 3.63) is 28.8 Å². The molecule has 0 heterocycles. The van der Waals surface area contributed by atoms with Crippen molar-refractivity contribution in [3.63, 3.8) is 0 Å². The van der Waals surface area contributed by atoms with Gasteiger partial charge in [0.1, 0.15) is 5.75 Å². The number of hydrogen-bond donors (Lipinski definition) is 2. The van der Waals surface area contributed by atoms with Crippen LogP contribution in [0.25, 0.3) is 0 Å². The fraction of sp³-hybridized carbons (Fsp3) is 0.500. The van der Waals surface area contributed by atoms with Gasteiger partial charge in [0.05, 0.1) is 12.2 Å². The zero-order valence-electron chi connectivity index (χ0n) is 11.4. The summed E-state index contributed by atoms with van der Waals surface area (Å²) in [4.78, 5) is 12.2. The Bertz CT molecular complexity index is 437. The van der Waals surface area contributed by atoms with E-state index in [1.807, 2.05) is 20.8 Å². The molecule has 0 spiro atoms. The molecule has 2 N–H and O–H groups in total. The topological polar surface area (TPSA) is 58.6 Å². The summed E-state index contributed by atoms with van der Waals surface area (Å²) in [5.41, 5.74) is 0.447. The predicted molar refractivity (Wildman–Crippen MR) is 75.8 cm³/mol. The van der Waals surface area contributed by atoms with E-state index < -0.39 is 0 Å². The van der Waals surface area contributed by atoms with Crippen molar-refractivity contribution in [2.75, 3.05) is 13.2 Å². The van der Waals surface area contributed by atoms with Crippen molar-refractivity contribution in [1.29, 1.82) is 0 Å². The van der Waals surface area contributed by atoms with E-state index >= 15 is 0 Å². The average molecular weight is 286 g/mol. The first-order chi connectivity index (χ1) is 8.99. The molecular weight excluding hydrogens is 266 g/mol. The molecule has 0 saturated carbocycles. The number of aliphatic hydroxyl groups excluding tert-OH is 1. The number of carbonyl (C=O) groups is 1. The fourth-order valence-electron chi connectivity index (χ4n) is 1.54. The third kappa shape index (κ3) is 4.40. The summed E-state index contributed by atoms with van der Waals surface area (Å²) in [5, 5.41) is 12.4. The number of halogens is 1. The maximum absolute atomic E-state index is 12.2. The highest BCUT2D eigenvalue weighted by Gasteiger charge is 2.18. The Hall–Kier alpha value is -1.26. The van der Waals surface area contributed by atoms with Gasteiger partial charge in [-0.15, -0.1) is 0 Å². The van der Waals surface area contributed by atoms with Crippen LogP contribution in [0.5, 0.6) is 5.75 Å². The molecule has 0 fully saturated rings. The van der Waals surface area contributed by atoms with E-state index in [9.17, 15) is 4.79 Å². The first-order valence-corrected chi connectivity index (χ1v) is 6.71. The van der Waals surface area contributed by atoms with Gasteiger partial charge in [-0.2, -0.15) is 0 Å². The number of rotatable bonds is 6. The van der Waals surface area contributed by atoms with E-state index in [1.54, 1.807) is 18.2 Å². The number of ether oxygens (including phenoxy) is 1. The van der Waals surface area contributed by atoms with Crippen molar-refractivity contribution in [1.82, 2.24) is 5.32 Å². The lowest BCUT2D eigenvalue weighted by atomic mass is 10.0. The van der Waals surface area contributed by atoms with Crippen LogP contribution in [0.15, 0.2) is 18.2 Å². The van der Waals surface area contributed by atoms with E-state index in [0.29, 0.717) is 22.9 Å². The lowest BCUT2D eigenvalue weighted by Gasteiger charge is -2.20. The largest absolute Gasteiger partial charge is 0.493 e. The Labute approximate surface area is 118 Å². The van der Waals surface area contributed by atoms with Gasteiger partial charge in [-0.1, -0.05) is 18.5 Å². The smallest absolute Gasteiger partial charge is 0.255 e.